The molecule has 3 N–H and O–H groups in total. The quantitative estimate of drug-likeness (QED) is 0.166. The van der Waals surface area contributed by atoms with Crippen molar-refractivity contribution in [3.8, 4) is 6.07 Å². The Kier molecular flexibility index (Phi) is 22.6. The van der Waals surface area contributed by atoms with Gasteiger partial charge in [0.2, 0.25) is 17.7 Å². The third kappa shape index (κ3) is 16.4. The van der Waals surface area contributed by atoms with Crippen molar-refractivity contribution < 1.29 is 38.2 Å². The minimum absolute atomic E-state index is 0.00622. The van der Waals surface area contributed by atoms with Crippen molar-refractivity contribution in [1.29, 1.82) is 5.26 Å². The number of amides is 4. The summed E-state index contributed by atoms with van der Waals surface area (Å²) in [6.45, 7) is 15.3. The van der Waals surface area contributed by atoms with Crippen LogP contribution in [0.3, 0.4) is 0 Å². The van der Waals surface area contributed by atoms with Gasteiger partial charge in [-0.15, -0.1) is 0 Å². The van der Waals surface area contributed by atoms with Crippen molar-refractivity contribution in [3.05, 3.63) is 35.9 Å². The molecule has 61 heavy (non-hydrogen) atoms. The Bertz CT molecular complexity index is 1600. The van der Waals surface area contributed by atoms with Crippen LogP contribution >= 0.6 is 0 Å². The number of carbonyl (C=O) groups is 6. The zero-order valence-corrected chi connectivity index (χ0v) is 38.7. The van der Waals surface area contributed by atoms with Gasteiger partial charge < -0.3 is 29.9 Å². The van der Waals surface area contributed by atoms with Gasteiger partial charge >= 0.3 is 5.97 Å². The van der Waals surface area contributed by atoms with Gasteiger partial charge in [0.15, 0.2) is 12.4 Å². The summed E-state index contributed by atoms with van der Waals surface area (Å²) in [6.07, 6.45) is 3.81. The van der Waals surface area contributed by atoms with Gasteiger partial charge in [-0.3, -0.25) is 34.2 Å². The fourth-order valence-electron chi connectivity index (χ4n) is 7.70. The summed E-state index contributed by atoms with van der Waals surface area (Å²) in [5.74, 6) is -2.77. The van der Waals surface area contributed by atoms with E-state index in [0.29, 0.717) is 19.3 Å². The molecule has 0 saturated carbocycles. The van der Waals surface area contributed by atoms with E-state index in [-0.39, 0.29) is 56.8 Å². The van der Waals surface area contributed by atoms with Crippen molar-refractivity contribution in [1.82, 2.24) is 30.7 Å². The number of carbonyl (C=O) groups excluding carboxylic acids is 6. The number of aldehydes is 1. The van der Waals surface area contributed by atoms with Crippen molar-refractivity contribution in [3.63, 3.8) is 0 Å². The zero-order chi connectivity index (χ0) is 45.9. The Morgan fingerprint density at radius 3 is 2.13 bits per heavy atom. The molecule has 1 aliphatic rings. The molecule has 0 radical (unpaired) electrons. The van der Waals surface area contributed by atoms with E-state index in [0.717, 1.165) is 31.1 Å². The fourth-order valence-corrected chi connectivity index (χ4v) is 7.70. The van der Waals surface area contributed by atoms with Gasteiger partial charge in [0.05, 0.1) is 24.8 Å². The summed E-state index contributed by atoms with van der Waals surface area (Å²) in [5, 5.41) is 18.7. The van der Waals surface area contributed by atoms with Gasteiger partial charge in [0, 0.05) is 33.4 Å². The minimum atomic E-state index is -1.37. The van der Waals surface area contributed by atoms with Crippen LogP contribution in [0.1, 0.15) is 119 Å². The monoisotopic (exact) mass is 854 g/mol. The van der Waals surface area contributed by atoms with E-state index in [1.807, 2.05) is 64.1 Å². The van der Waals surface area contributed by atoms with Gasteiger partial charge in [-0.2, -0.15) is 5.26 Å². The molecule has 1 aliphatic heterocycles. The first-order valence-electron chi connectivity index (χ1n) is 22.1. The SMILES string of the molecule is CCCC[C@@H](C)CC1COCN(C)[C@@](C=O)(CC(C)C)NC(CC(C)C)C(=O)N(C)C(Cc2ccccc2)C(=O)NC(CC)C(=O)N(C)C(C)C(=O)O[C@H](CCC#N)C(=O)N1. The maximum Gasteiger partial charge on any atom is 0.329 e. The minimum Gasteiger partial charge on any atom is -0.451 e. The highest BCUT2D eigenvalue weighted by atomic mass is 16.5. The number of cyclic esters (lactones) is 1. The summed E-state index contributed by atoms with van der Waals surface area (Å²) in [5.41, 5.74) is -0.583. The molecule has 5 unspecified atom stereocenters. The molecule has 4 amide bonds. The first-order chi connectivity index (χ1) is 28.8. The van der Waals surface area contributed by atoms with Gasteiger partial charge in [0.1, 0.15) is 30.5 Å². The normalized spacial score (nSPS) is 26.8. The van der Waals surface area contributed by atoms with E-state index in [2.05, 4.69) is 29.8 Å². The average molecular weight is 854 g/mol. The summed E-state index contributed by atoms with van der Waals surface area (Å²) >= 11 is 0. The van der Waals surface area contributed by atoms with Crippen LogP contribution in [0.4, 0.5) is 0 Å². The molecule has 0 aromatic heterocycles. The average Bonchev–Trinajstić information content (AvgIpc) is 3.22. The molecule has 15 nitrogen and oxygen atoms in total. The lowest BCUT2D eigenvalue weighted by atomic mass is 9.93. The molecule has 8 atom stereocenters. The van der Waals surface area contributed by atoms with Crippen molar-refractivity contribution in [2.24, 2.45) is 17.8 Å². The molecule has 2 rings (SSSR count). The number of nitriles is 1. The maximum atomic E-state index is 14.8. The highest BCUT2D eigenvalue weighted by Gasteiger charge is 2.42. The van der Waals surface area contributed by atoms with Crippen molar-refractivity contribution in [2.75, 3.05) is 34.5 Å². The predicted octanol–water partition coefficient (Wildman–Crippen LogP) is 4.58. The van der Waals surface area contributed by atoms with E-state index in [4.69, 9.17) is 9.47 Å². The lowest BCUT2D eigenvalue weighted by molar-refractivity contribution is -0.163. The van der Waals surface area contributed by atoms with Gasteiger partial charge in [-0.1, -0.05) is 98.1 Å². The highest BCUT2D eigenvalue weighted by molar-refractivity contribution is 5.94. The van der Waals surface area contributed by atoms with Crippen molar-refractivity contribution >= 4 is 35.9 Å². The number of hydrogen-bond acceptors (Lipinski definition) is 11. The molecule has 15 heteroatoms. The summed E-state index contributed by atoms with van der Waals surface area (Å²) < 4.78 is 12.0. The second-order valence-electron chi connectivity index (χ2n) is 17.7. The lowest BCUT2D eigenvalue weighted by Gasteiger charge is -2.43. The third-order valence-electron chi connectivity index (χ3n) is 11.5. The number of esters is 1. The smallest absolute Gasteiger partial charge is 0.329 e. The van der Waals surface area contributed by atoms with E-state index < -0.39 is 71.6 Å². The van der Waals surface area contributed by atoms with Crippen LogP contribution in [0, 0.1) is 29.1 Å². The van der Waals surface area contributed by atoms with Crippen LogP contribution in [0.5, 0.6) is 0 Å². The fraction of sp³-hybridized carbons (Fsp3) is 0.717. The van der Waals surface area contributed by atoms with Crippen LogP contribution < -0.4 is 16.0 Å². The van der Waals surface area contributed by atoms with Crippen LogP contribution in [-0.4, -0.2) is 127 Å². The largest absolute Gasteiger partial charge is 0.451 e. The van der Waals surface area contributed by atoms with Crippen molar-refractivity contribution in [2.45, 2.75) is 162 Å². The van der Waals surface area contributed by atoms with Gasteiger partial charge in [0.25, 0.3) is 5.91 Å². The number of nitrogens with zero attached hydrogens (tertiary/aromatic N) is 4. The summed E-state index contributed by atoms with van der Waals surface area (Å²) in [4.78, 5) is 88.4. The Morgan fingerprint density at radius 1 is 0.902 bits per heavy atom. The number of unbranched alkanes of at least 4 members (excludes halogenated alkanes) is 1. The first kappa shape index (κ1) is 52.7. The molecule has 1 aromatic carbocycles. The standard InChI is InChI=1S/C46H75N7O8/c1-12-14-19-33(7)25-36-28-60-30-51(9)46(29-54,27-32(5)6)50-38(24-31(3)4)44(58)53(11)39(26-35-20-16-15-17-21-35)41(55)49-37(13-2)43(57)52(10)34(8)45(59)61-40(22-18-23-47)42(56)48-36/h15-17,20-21,29,31-34,36-40,50H,12-14,18-19,22,24-28,30H2,1-11H3,(H,48,56)(H,49,55)/t33-,34?,36?,37?,38?,39?,40-,46-/m1/s1. The van der Waals surface area contributed by atoms with Crippen LogP contribution in [-0.2, 0) is 44.7 Å². The topological polar surface area (TPSA) is 190 Å². The number of benzene rings is 1. The van der Waals surface area contributed by atoms with E-state index in [9.17, 15) is 34.0 Å². The number of nitrogens with one attached hydrogen (secondary N) is 3. The van der Waals surface area contributed by atoms with Crippen LogP contribution in [0.2, 0.25) is 0 Å². The number of ether oxygens (including phenoxy) is 2. The van der Waals surface area contributed by atoms with Crippen LogP contribution in [0.15, 0.2) is 30.3 Å². The Morgan fingerprint density at radius 2 is 1.56 bits per heavy atom. The van der Waals surface area contributed by atoms with E-state index >= 15 is 0 Å². The molecule has 1 saturated heterocycles. The molecule has 1 fully saturated rings. The number of hydrogen-bond donors (Lipinski definition) is 3. The number of likely N-dealkylation sites (N-methyl/N-ethyl adjacent to an activating group) is 3. The summed E-state index contributed by atoms with van der Waals surface area (Å²) in [7, 11) is 4.72. The Hall–Kier alpha value is -4.39. The summed E-state index contributed by atoms with van der Waals surface area (Å²) in [6, 6.07) is 6.55. The third-order valence-corrected chi connectivity index (χ3v) is 11.5. The van der Waals surface area contributed by atoms with E-state index in [1.54, 1.807) is 25.9 Å². The van der Waals surface area contributed by atoms with E-state index in [1.165, 1.54) is 23.8 Å². The maximum absolute atomic E-state index is 14.8. The first-order valence-corrected chi connectivity index (χ1v) is 22.1. The zero-order valence-electron chi connectivity index (χ0n) is 38.7. The van der Waals surface area contributed by atoms with Gasteiger partial charge in [-0.25, -0.2) is 4.79 Å². The van der Waals surface area contributed by atoms with Gasteiger partial charge in [-0.05, 0) is 63.0 Å². The number of rotatable bonds is 15. The second kappa shape index (κ2) is 26.2. The Labute approximate surface area is 365 Å². The second-order valence-corrected chi connectivity index (χ2v) is 17.7. The Balaban J connectivity index is 2.77. The lowest BCUT2D eigenvalue weighted by Crippen LogP contribution is -2.66. The molecule has 0 aliphatic carbocycles. The molecule has 342 valence electrons. The molecule has 1 heterocycles. The molecule has 1 aromatic rings. The van der Waals surface area contributed by atoms with Crippen LogP contribution in [0.25, 0.3) is 0 Å². The molecule has 0 spiro atoms. The molecule has 0 bridgehead atoms. The molecular formula is C46H75N7O8. The highest BCUT2D eigenvalue weighted by Crippen LogP contribution is 2.24. The molecular weight excluding hydrogens is 779 g/mol. The predicted molar refractivity (Wildman–Crippen MR) is 234 cm³/mol.